The summed E-state index contributed by atoms with van der Waals surface area (Å²) in [6, 6.07) is 13.5. The van der Waals surface area contributed by atoms with Crippen LogP contribution >= 0.6 is 0 Å². The highest BCUT2D eigenvalue weighted by atomic mass is 16.5. The van der Waals surface area contributed by atoms with Crippen LogP contribution in [-0.2, 0) is 4.79 Å². The zero-order valence-corrected chi connectivity index (χ0v) is 18.4. The molecule has 0 saturated carbocycles. The van der Waals surface area contributed by atoms with E-state index in [0.29, 0.717) is 28.9 Å². The molecule has 0 saturated heterocycles. The first-order valence-electron chi connectivity index (χ1n) is 9.52. The number of rotatable bonds is 8. The molecule has 0 aromatic heterocycles. The van der Waals surface area contributed by atoms with Crippen molar-refractivity contribution in [1.29, 1.82) is 0 Å². The summed E-state index contributed by atoms with van der Waals surface area (Å²) >= 11 is 0. The third-order valence-corrected chi connectivity index (χ3v) is 4.45. The summed E-state index contributed by atoms with van der Waals surface area (Å²) in [5, 5.41) is 6.56. The molecule has 0 aliphatic rings. The van der Waals surface area contributed by atoms with E-state index in [2.05, 4.69) is 15.6 Å². The molecule has 1 atom stereocenters. The lowest BCUT2D eigenvalue weighted by molar-refractivity contribution is -0.127. The zero-order valence-electron chi connectivity index (χ0n) is 18.4. The Hall–Kier alpha value is -3.42. The standard InChI is InChI=1S/C22H30N4O4/c1-15(16-10-8-7-9-11-16)24-22(23-14-20(27)26(2)3)25-17-12-18(28-4)21(30-6)19(13-17)29-5/h7-13,15H,14H2,1-6H3,(H2,23,24,25). The van der Waals surface area contributed by atoms with Gasteiger partial charge in [-0.1, -0.05) is 30.3 Å². The van der Waals surface area contributed by atoms with Gasteiger partial charge in [-0.3, -0.25) is 4.79 Å². The molecule has 0 fully saturated rings. The minimum absolute atomic E-state index is 0.00820. The maximum Gasteiger partial charge on any atom is 0.243 e. The fraction of sp³-hybridized carbons (Fsp3) is 0.364. The number of anilines is 1. The molecule has 1 unspecified atom stereocenters. The van der Waals surface area contributed by atoms with E-state index in [9.17, 15) is 4.79 Å². The molecule has 1 amide bonds. The summed E-state index contributed by atoms with van der Waals surface area (Å²) in [5.74, 6) is 1.87. The van der Waals surface area contributed by atoms with Crippen molar-refractivity contribution in [1.82, 2.24) is 10.2 Å². The van der Waals surface area contributed by atoms with Gasteiger partial charge in [0, 0.05) is 31.9 Å². The van der Waals surface area contributed by atoms with Gasteiger partial charge in [-0.2, -0.15) is 0 Å². The van der Waals surface area contributed by atoms with Crippen molar-refractivity contribution >= 4 is 17.6 Å². The lowest BCUT2D eigenvalue weighted by Crippen LogP contribution is -2.34. The van der Waals surface area contributed by atoms with Crippen molar-refractivity contribution in [2.45, 2.75) is 13.0 Å². The monoisotopic (exact) mass is 414 g/mol. The molecule has 30 heavy (non-hydrogen) atoms. The number of amides is 1. The molecule has 0 aliphatic carbocycles. The Morgan fingerprint density at radius 3 is 2.13 bits per heavy atom. The summed E-state index contributed by atoms with van der Waals surface area (Å²) < 4.78 is 16.2. The largest absolute Gasteiger partial charge is 0.493 e. The molecule has 8 nitrogen and oxygen atoms in total. The van der Waals surface area contributed by atoms with Crippen LogP contribution in [0.5, 0.6) is 17.2 Å². The average Bonchev–Trinajstić information content (AvgIpc) is 2.76. The van der Waals surface area contributed by atoms with E-state index in [1.54, 1.807) is 47.6 Å². The third kappa shape index (κ3) is 6.04. The minimum atomic E-state index is -0.103. The van der Waals surface area contributed by atoms with Crippen LogP contribution in [0.4, 0.5) is 5.69 Å². The highest BCUT2D eigenvalue weighted by Gasteiger charge is 2.15. The molecule has 0 heterocycles. The number of guanidine groups is 1. The molecular weight excluding hydrogens is 384 g/mol. The summed E-state index contributed by atoms with van der Waals surface area (Å²) in [7, 11) is 8.06. The number of hydrogen-bond acceptors (Lipinski definition) is 5. The summed E-state index contributed by atoms with van der Waals surface area (Å²) in [6.45, 7) is 2.03. The molecule has 8 heteroatoms. The van der Waals surface area contributed by atoms with Crippen LogP contribution in [0.2, 0.25) is 0 Å². The van der Waals surface area contributed by atoms with Gasteiger partial charge in [0.1, 0.15) is 6.54 Å². The summed E-state index contributed by atoms with van der Waals surface area (Å²) in [5.41, 5.74) is 1.77. The van der Waals surface area contributed by atoms with Gasteiger partial charge >= 0.3 is 0 Å². The fourth-order valence-corrected chi connectivity index (χ4v) is 2.73. The molecule has 2 N–H and O–H groups in total. The average molecular weight is 415 g/mol. The zero-order chi connectivity index (χ0) is 22.1. The number of methoxy groups -OCH3 is 3. The molecule has 2 aromatic rings. The Morgan fingerprint density at radius 1 is 1.03 bits per heavy atom. The SMILES string of the molecule is COc1cc(NC(=NCC(=O)N(C)C)NC(C)c2ccccc2)cc(OC)c1OC. The number of ether oxygens (including phenoxy) is 3. The second-order valence-corrected chi connectivity index (χ2v) is 6.77. The van der Waals surface area contributed by atoms with Crippen LogP contribution in [0.1, 0.15) is 18.5 Å². The van der Waals surface area contributed by atoms with Crippen molar-refractivity contribution < 1.29 is 19.0 Å². The van der Waals surface area contributed by atoms with E-state index in [1.807, 2.05) is 37.3 Å². The van der Waals surface area contributed by atoms with E-state index in [-0.39, 0.29) is 18.5 Å². The van der Waals surface area contributed by atoms with Crippen molar-refractivity contribution in [2.24, 2.45) is 4.99 Å². The number of nitrogens with one attached hydrogen (secondary N) is 2. The predicted octanol–water partition coefficient (Wildman–Crippen LogP) is 2.92. The van der Waals surface area contributed by atoms with Crippen molar-refractivity contribution in [3.8, 4) is 17.2 Å². The molecule has 2 aromatic carbocycles. The van der Waals surface area contributed by atoms with Gasteiger partial charge in [0.25, 0.3) is 0 Å². The molecule has 0 bridgehead atoms. The number of nitrogens with zero attached hydrogens (tertiary/aromatic N) is 2. The third-order valence-electron chi connectivity index (χ3n) is 4.45. The number of hydrogen-bond donors (Lipinski definition) is 2. The topological polar surface area (TPSA) is 84.4 Å². The van der Waals surface area contributed by atoms with E-state index in [4.69, 9.17) is 14.2 Å². The molecule has 0 spiro atoms. The first-order valence-corrected chi connectivity index (χ1v) is 9.52. The van der Waals surface area contributed by atoms with Gasteiger partial charge < -0.3 is 29.7 Å². The van der Waals surface area contributed by atoms with Crippen LogP contribution in [0, 0.1) is 0 Å². The van der Waals surface area contributed by atoms with Crippen LogP contribution in [0.15, 0.2) is 47.5 Å². The van der Waals surface area contributed by atoms with E-state index in [0.717, 1.165) is 5.56 Å². The Balaban J connectivity index is 2.32. The second-order valence-electron chi connectivity index (χ2n) is 6.77. The smallest absolute Gasteiger partial charge is 0.243 e. The molecule has 162 valence electrons. The minimum Gasteiger partial charge on any atom is -0.493 e. The molecule has 0 aliphatic heterocycles. The van der Waals surface area contributed by atoms with Crippen LogP contribution in [0.25, 0.3) is 0 Å². The first kappa shape index (κ1) is 22.9. The Bertz CT molecular complexity index is 844. The summed E-state index contributed by atoms with van der Waals surface area (Å²) in [6.07, 6.45) is 0. The first-order chi connectivity index (χ1) is 14.4. The lowest BCUT2D eigenvalue weighted by Gasteiger charge is -2.20. The van der Waals surface area contributed by atoms with Crippen LogP contribution < -0.4 is 24.8 Å². The maximum absolute atomic E-state index is 12.0. The Labute approximate surface area is 177 Å². The van der Waals surface area contributed by atoms with Gasteiger partial charge in [0.05, 0.1) is 27.4 Å². The van der Waals surface area contributed by atoms with Crippen molar-refractivity contribution in [2.75, 3.05) is 47.3 Å². The van der Waals surface area contributed by atoms with Gasteiger partial charge in [0.15, 0.2) is 17.5 Å². The number of carbonyl (C=O) groups is 1. The fourth-order valence-electron chi connectivity index (χ4n) is 2.73. The van der Waals surface area contributed by atoms with Gasteiger partial charge in [-0.25, -0.2) is 4.99 Å². The number of aliphatic imine (C=N–C) groups is 1. The quantitative estimate of drug-likeness (QED) is 0.510. The number of carbonyl (C=O) groups excluding carboxylic acids is 1. The van der Waals surface area contributed by atoms with Gasteiger partial charge in [-0.15, -0.1) is 0 Å². The summed E-state index contributed by atoms with van der Waals surface area (Å²) in [4.78, 5) is 18.0. The second kappa shape index (κ2) is 10.9. The van der Waals surface area contributed by atoms with E-state index >= 15 is 0 Å². The molecule has 0 radical (unpaired) electrons. The Kier molecular flexibility index (Phi) is 8.34. The number of benzene rings is 2. The lowest BCUT2D eigenvalue weighted by atomic mass is 10.1. The van der Waals surface area contributed by atoms with E-state index in [1.165, 1.54) is 4.90 Å². The van der Waals surface area contributed by atoms with Gasteiger partial charge in [-0.05, 0) is 12.5 Å². The number of likely N-dealkylation sites (N-methyl/N-ethyl adjacent to an activating group) is 1. The highest BCUT2D eigenvalue weighted by Crippen LogP contribution is 2.39. The van der Waals surface area contributed by atoms with Crippen LogP contribution in [0.3, 0.4) is 0 Å². The van der Waals surface area contributed by atoms with E-state index < -0.39 is 0 Å². The van der Waals surface area contributed by atoms with Crippen molar-refractivity contribution in [3.63, 3.8) is 0 Å². The molecule has 2 rings (SSSR count). The highest BCUT2D eigenvalue weighted by molar-refractivity contribution is 5.96. The maximum atomic E-state index is 12.0. The van der Waals surface area contributed by atoms with Crippen LogP contribution in [-0.4, -0.2) is 58.7 Å². The van der Waals surface area contributed by atoms with Crippen molar-refractivity contribution in [3.05, 3.63) is 48.0 Å². The normalized spacial score (nSPS) is 12.0. The van der Waals surface area contributed by atoms with Gasteiger partial charge in [0.2, 0.25) is 11.7 Å². The predicted molar refractivity (Wildman–Crippen MR) is 119 cm³/mol. The Morgan fingerprint density at radius 2 is 1.63 bits per heavy atom. The molecular formula is C22H30N4O4.